The van der Waals surface area contributed by atoms with Crippen molar-refractivity contribution in [1.82, 2.24) is 9.78 Å². The summed E-state index contributed by atoms with van der Waals surface area (Å²) in [5, 5.41) is 4.03. The van der Waals surface area contributed by atoms with Crippen LogP contribution in [0.25, 0.3) is 11.1 Å². The molecule has 2 aromatic rings. The molecule has 0 fully saturated rings. The number of hydrogen-bond donors (Lipinski definition) is 0. The van der Waals surface area contributed by atoms with Crippen molar-refractivity contribution in [1.29, 1.82) is 0 Å². The number of aromatic nitrogens is 2. The van der Waals surface area contributed by atoms with E-state index in [4.69, 9.17) is 4.74 Å². The van der Waals surface area contributed by atoms with Crippen LogP contribution in [-0.2, 0) is 4.74 Å². The fourth-order valence-corrected chi connectivity index (χ4v) is 1.70. The van der Waals surface area contributed by atoms with Crippen LogP contribution in [0.15, 0.2) is 48.2 Å². The van der Waals surface area contributed by atoms with Gasteiger partial charge < -0.3 is 4.74 Å². The Labute approximate surface area is 123 Å². The molecule has 21 heavy (non-hydrogen) atoms. The van der Waals surface area contributed by atoms with Crippen molar-refractivity contribution < 1.29 is 9.53 Å². The lowest BCUT2D eigenvalue weighted by atomic mass is 10.1. The molecule has 0 saturated carbocycles. The van der Waals surface area contributed by atoms with Crippen molar-refractivity contribution in [2.24, 2.45) is 4.99 Å². The maximum absolute atomic E-state index is 11.9. The van der Waals surface area contributed by atoms with Crippen LogP contribution in [0.1, 0.15) is 20.8 Å². The zero-order valence-corrected chi connectivity index (χ0v) is 12.3. The lowest BCUT2D eigenvalue weighted by Gasteiger charge is -2.18. The highest BCUT2D eigenvalue weighted by molar-refractivity contribution is 5.73. The molecule has 0 unspecified atom stereocenters. The minimum Gasteiger partial charge on any atom is -0.442 e. The Morgan fingerprint density at radius 1 is 1.29 bits per heavy atom. The van der Waals surface area contributed by atoms with Gasteiger partial charge in [-0.15, -0.1) is 0 Å². The second-order valence-electron chi connectivity index (χ2n) is 5.47. The van der Waals surface area contributed by atoms with E-state index in [2.05, 4.69) is 22.5 Å². The maximum atomic E-state index is 11.9. The minimum absolute atomic E-state index is 0.498. The fourth-order valence-electron chi connectivity index (χ4n) is 1.70. The van der Waals surface area contributed by atoms with Crippen LogP contribution in [0.3, 0.4) is 0 Å². The lowest BCUT2D eigenvalue weighted by molar-refractivity contribution is 0.0514. The third-order valence-corrected chi connectivity index (χ3v) is 2.57. The Kier molecular flexibility index (Phi) is 4.05. The molecular weight excluding hydrogens is 266 g/mol. The van der Waals surface area contributed by atoms with Crippen LogP contribution >= 0.6 is 0 Å². The van der Waals surface area contributed by atoms with Gasteiger partial charge >= 0.3 is 6.09 Å². The maximum Gasteiger partial charge on any atom is 0.435 e. The summed E-state index contributed by atoms with van der Waals surface area (Å²) in [7, 11) is 0. The number of rotatable bonds is 2. The van der Waals surface area contributed by atoms with Gasteiger partial charge in [0.15, 0.2) is 0 Å². The zero-order chi connectivity index (χ0) is 15.5. The molecule has 0 aliphatic carbocycles. The molecule has 5 heteroatoms. The Morgan fingerprint density at radius 2 is 1.95 bits per heavy atom. The van der Waals surface area contributed by atoms with Gasteiger partial charge in [-0.25, -0.2) is 9.79 Å². The van der Waals surface area contributed by atoms with Gasteiger partial charge in [0.05, 0.1) is 11.9 Å². The number of ether oxygens (including phenoxy) is 1. The van der Waals surface area contributed by atoms with Crippen LogP contribution in [0, 0.1) is 0 Å². The van der Waals surface area contributed by atoms with Gasteiger partial charge in [0.1, 0.15) is 5.60 Å². The summed E-state index contributed by atoms with van der Waals surface area (Å²) in [4.78, 5) is 15.9. The third-order valence-electron chi connectivity index (χ3n) is 2.57. The second-order valence-corrected chi connectivity index (χ2v) is 5.47. The summed E-state index contributed by atoms with van der Waals surface area (Å²) in [6, 6.07) is 7.48. The summed E-state index contributed by atoms with van der Waals surface area (Å²) < 4.78 is 6.45. The molecular formula is C16H17N3O2. The highest BCUT2D eigenvalue weighted by Gasteiger charge is 2.18. The molecule has 1 heterocycles. The highest BCUT2D eigenvalue weighted by Crippen LogP contribution is 2.22. The molecule has 0 saturated heterocycles. The SMILES string of the molecule is C=C=Nc1ccc(-c2cnn(C(=O)OC(C)(C)C)c2)cc1. The number of carbonyl (C=O) groups excluding carboxylic acids is 1. The van der Waals surface area contributed by atoms with Gasteiger partial charge in [0, 0.05) is 11.8 Å². The molecule has 0 spiro atoms. The molecule has 0 N–H and O–H groups in total. The van der Waals surface area contributed by atoms with E-state index in [1.54, 1.807) is 12.4 Å². The van der Waals surface area contributed by atoms with Crippen molar-refractivity contribution in [2.75, 3.05) is 0 Å². The standard InChI is InChI=1S/C16H17N3O2/c1-5-17-14-8-6-12(7-9-14)13-10-18-19(11-13)15(20)21-16(2,3)4/h6-11H,1H2,2-4H3. The van der Waals surface area contributed by atoms with E-state index in [-0.39, 0.29) is 0 Å². The number of nitrogens with zero attached hydrogens (tertiary/aromatic N) is 3. The van der Waals surface area contributed by atoms with Crippen molar-refractivity contribution >= 4 is 17.7 Å². The van der Waals surface area contributed by atoms with Gasteiger partial charge in [-0.3, -0.25) is 0 Å². The minimum atomic E-state index is -0.548. The number of hydrogen-bond acceptors (Lipinski definition) is 4. The summed E-state index contributed by atoms with van der Waals surface area (Å²) in [6.45, 7) is 8.87. The normalized spacial score (nSPS) is 10.8. The van der Waals surface area contributed by atoms with Crippen molar-refractivity contribution in [2.45, 2.75) is 26.4 Å². The van der Waals surface area contributed by atoms with Crippen molar-refractivity contribution in [3.63, 3.8) is 0 Å². The quantitative estimate of drug-likeness (QED) is 0.787. The van der Waals surface area contributed by atoms with Gasteiger partial charge in [-0.05, 0) is 50.9 Å². The van der Waals surface area contributed by atoms with E-state index in [9.17, 15) is 4.79 Å². The Morgan fingerprint density at radius 3 is 2.52 bits per heavy atom. The highest BCUT2D eigenvalue weighted by atomic mass is 16.6. The zero-order valence-electron chi connectivity index (χ0n) is 12.3. The van der Waals surface area contributed by atoms with Crippen molar-refractivity contribution in [3.05, 3.63) is 43.2 Å². The number of aliphatic imine (C=N–C) groups is 1. The molecule has 1 aromatic carbocycles. The first-order valence-corrected chi connectivity index (χ1v) is 6.50. The molecule has 0 radical (unpaired) electrons. The van der Waals surface area contributed by atoms with E-state index in [1.165, 1.54) is 4.68 Å². The lowest BCUT2D eigenvalue weighted by Crippen LogP contribution is -2.27. The average Bonchev–Trinajstić information content (AvgIpc) is 2.88. The molecule has 0 atom stereocenters. The molecule has 108 valence electrons. The van der Waals surface area contributed by atoms with E-state index < -0.39 is 11.7 Å². The van der Waals surface area contributed by atoms with E-state index in [1.807, 2.05) is 45.0 Å². The smallest absolute Gasteiger partial charge is 0.435 e. The first kappa shape index (κ1) is 14.8. The van der Waals surface area contributed by atoms with E-state index in [0.29, 0.717) is 0 Å². The Bertz CT molecular complexity index is 687. The molecule has 0 aliphatic rings. The molecule has 5 nitrogen and oxygen atoms in total. The fraction of sp³-hybridized carbons (Fsp3) is 0.250. The monoisotopic (exact) mass is 283 g/mol. The van der Waals surface area contributed by atoms with Crippen LogP contribution in [0.5, 0.6) is 0 Å². The van der Waals surface area contributed by atoms with Crippen LogP contribution in [0.4, 0.5) is 10.5 Å². The van der Waals surface area contributed by atoms with Crippen LogP contribution in [-0.4, -0.2) is 27.3 Å². The van der Waals surface area contributed by atoms with Gasteiger partial charge in [-0.2, -0.15) is 9.78 Å². The second kappa shape index (κ2) is 5.77. The van der Waals surface area contributed by atoms with Crippen LogP contribution in [0.2, 0.25) is 0 Å². The first-order chi connectivity index (χ1) is 9.89. The number of benzene rings is 1. The summed E-state index contributed by atoms with van der Waals surface area (Å²) >= 11 is 0. The molecule has 2 rings (SSSR count). The summed E-state index contributed by atoms with van der Waals surface area (Å²) in [6.07, 6.45) is 2.76. The molecule has 1 aromatic heterocycles. The number of carbonyl (C=O) groups is 1. The van der Waals surface area contributed by atoms with Crippen LogP contribution < -0.4 is 0 Å². The van der Waals surface area contributed by atoms with Crippen molar-refractivity contribution in [3.8, 4) is 11.1 Å². The van der Waals surface area contributed by atoms with Gasteiger partial charge in [0.25, 0.3) is 0 Å². The van der Waals surface area contributed by atoms with Gasteiger partial charge in [0.2, 0.25) is 0 Å². The summed E-state index contributed by atoms with van der Waals surface area (Å²) in [5.41, 5.74) is 1.99. The first-order valence-electron chi connectivity index (χ1n) is 6.50. The predicted octanol–water partition coefficient (Wildman–Crippen LogP) is 3.82. The van der Waals surface area contributed by atoms with E-state index in [0.717, 1.165) is 16.8 Å². The molecule has 0 amide bonds. The van der Waals surface area contributed by atoms with Gasteiger partial charge in [-0.1, -0.05) is 12.1 Å². The Balaban J connectivity index is 2.19. The predicted molar refractivity (Wildman–Crippen MR) is 82.0 cm³/mol. The topological polar surface area (TPSA) is 56.5 Å². The largest absolute Gasteiger partial charge is 0.442 e. The average molecular weight is 283 g/mol. The Hall–Kier alpha value is -2.65. The summed E-state index contributed by atoms with van der Waals surface area (Å²) in [5.74, 6) is 2.48. The molecule has 0 bridgehead atoms. The molecule has 0 aliphatic heterocycles. The van der Waals surface area contributed by atoms with E-state index >= 15 is 0 Å². The third kappa shape index (κ3) is 3.91.